The lowest BCUT2D eigenvalue weighted by Crippen LogP contribution is -2.16. The molecule has 2 aromatic carbocycles. The standard InChI is InChI=1S/C29H36F4/c1-3-20-14-16-24(28(32)26(20)30)22-11-6-19(7-12-22)8-13-23-15-17-25(29(33)27(23)31)21-9-4-18(2)5-10-21/h14-19,21-22H,3-13H2,1-2H3. The monoisotopic (exact) mass is 460 g/mol. The van der Waals surface area contributed by atoms with Gasteiger partial charge in [0.15, 0.2) is 23.3 Å². The van der Waals surface area contributed by atoms with E-state index in [4.69, 9.17) is 0 Å². The minimum Gasteiger partial charge on any atom is -0.203 e. The Kier molecular flexibility index (Phi) is 7.81. The maximum absolute atomic E-state index is 14.8. The van der Waals surface area contributed by atoms with Crippen molar-refractivity contribution >= 4 is 0 Å². The number of hydrogen-bond acceptors (Lipinski definition) is 0. The van der Waals surface area contributed by atoms with Crippen molar-refractivity contribution in [3.63, 3.8) is 0 Å². The number of rotatable bonds is 6. The number of hydrogen-bond donors (Lipinski definition) is 0. The van der Waals surface area contributed by atoms with Crippen molar-refractivity contribution in [3.8, 4) is 0 Å². The lowest BCUT2D eigenvalue weighted by molar-refractivity contribution is 0.303. The van der Waals surface area contributed by atoms with Crippen LogP contribution in [0.25, 0.3) is 0 Å². The van der Waals surface area contributed by atoms with Crippen LogP contribution in [0.3, 0.4) is 0 Å². The first kappa shape index (κ1) is 24.3. The predicted octanol–water partition coefficient (Wildman–Crippen LogP) is 9.01. The second-order valence-electron chi connectivity index (χ2n) is 10.5. The molecule has 0 aliphatic heterocycles. The molecule has 0 spiro atoms. The summed E-state index contributed by atoms with van der Waals surface area (Å²) in [5, 5.41) is 0. The lowest BCUT2D eigenvalue weighted by atomic mass is 9.76. The van der Waals surface area contributed by atoms with Gasteiger partial charge in [-0.1, -0.05) is 51.0 Å². The van der Waals surface area contributed by atoms with E-state index >= 15 is 0 Å². The summed E-state index contributed by atoms with van der Waals surface area (Å²) in [6, 6.07) is 7.04. The van der Waals surface area contributed by atoms with Gasteiger partial charge in [-0.3, -0.25) is 0 Å². The average Bonchev–Trinajstić information content (AvgIpc) is 2.83. The molecule has 0 amide bonds. The van der Waals surface area contributed by atoms with Crippen molar-refractivity contribution in [1.82, 2.24) is 0 Å². The first-order chi connectivity index (χ1) is 15.9. The van der Waals surface area contributed by atoms with Crippen molar-refractivity contribution in [3.05, 3.63) is 69.8 Å². The molecule has 2 aromatic rings. The van der Waals surface area contributed by atoms with E-state index in [1.165, 1.54) is 0 Å². The van der Waals surface area contributed by atoms with Gasteiger partial charge in [0, 0.05) is 0 Å². The average molecular weight is 461 g/mol. The molecule has 0 nitrogen and oxygen atoms in total. The Labute approximate surface area is 195 Å². The Balaban J connectivity index is 1.33. The van der Waals surface area contributed by atoms with Gasteiger partial charge in [0.05, 0.1) is 0 Å². The van der Waals surface area contributed by atoms with Gasteiger partial charge >= 0.3 is 0 Å². The Morgan fingerprint density at radius 2 is 1.12 bits per heavy atom. The summed E-state index contributed by atoms with van der Waals surface area (Å²) in [6.07, 6.45) is 9.26. The third-order valence-corrected chi connectivity index (χ3v) is 8.33. The van der Waals surface area contributed by atoms with Crippen LogP contribution in [-0.4, -0.2) is 0 Å². The molecule has 4 heteroatoms. The van der Waals surface area contributed by atoms with Crippen LogP contribution in [0, 0.1) is 35.1 Å². The highest BCUT2D eigenvalue weighted by molar-refractivity contribution is 5.30. The van der Waals surface area contributed by atoms with Gasteiger partial charge in [-0.2, -0.15) is 0 Å². The molecule has 180 valence electrons. The SMILES string of the molecule is CCc1ccc(C2CCC(CCc3ccc(C4CCC(C)CC4)c(F)c3F)CC2)c(F)c1F. The third-order valence-electron chi connectivity index (χ3n) is 8.33. The molecule has 0 atom stereocenters. The minimum atomic E-state index is -0.708. The molecule has 2 aliphatic rings. The molecule has 0 heterocycles. The highest BCUT2D eigenvalue weighted by Crippen LogP contribution is 2.40. The van der Waals surface area contributed by atoms with Crippen molar-refractivity contribution in [2.45, 2.75) is 96.3 Å². The second kappa shape index (κ2) is 10.6. The fourth-order valence-electron chi connectivity index (χ4n) is 6.00. The number of benzene rings is 2. The van der Waals surface area contributed by atoms with Crippen molar-refractivity contribution in [2.24, 2.45) is 11.8 Å². The molecule has 2 aliphatic carbocycles. The summed E-state index contributed by atoms with van der Waals surface area (Å²) in [7, 11) is 0. The predicted molar refractivity (Wildman–Crippen MR) is 125 cm³/mol. The zero-order valence-electron chi connectivity index (χ0n) is 19.9. The molecule has 0 saturated heterocycles. The van der Waals surface area contributed by atoms with Crippen LogP contribution in [0.15, 0.2) is 24.3 Å². The van der Waals surface area contributed by atoms with Gasteiger partial charge in [-0.05, 0) is 104 Å². The highest BCUT2D eigenvalue weighted by Gasteiger charge is 2.28. The highest BCUT2D eigenvalue weighted by atomic mass is 19.2. The molecule has 4 rings (SSSR count). The zero-order valence-corrected chi connectivity index (χ0v) is 19.9. The largest absolute Gasteiger partial charge is 0.203 e. The normalized spacial score (nSPS) is 25.9. The van der Waals surface area contributed by atoms with E-state index in [0.717, 1.165) is 57.8 Å². The minimum absolute atomic E-state index is 0.0355. The van der Waals surface area contributed by atoms with Crippen LogP contribution < -0.4 is 0 Å². The van der Waals surface area contributed by atoms with E-state index in [1.807, 2.05) is 13.0 Å². The molecule has 0 bridgehead atoms. The summed E-state index contributed by atoms with van der Waals surface area (Å²) in [4.78, 5) is 0. The summed E-state index contributed by atoms with van der Waals surface area (Å²) in [5.41, 5.74) is 1.92. The smallest absolute Gasteiger partial charge is 0.162 e. The molecular weight excluding hydrogens is 424 g/mol. The first-order valence-electron chi connectivity index (χ1n) is 12.8. The zero-order chi connectivity index (χ0) is 23.5. The summed E-state index contributed by atoms with van der Waals surface area (Å²) < 4.78 is 58.4. The van der Waals surface area contributed by atoms with Crippen LogP contribution in [0.2, 0.25) is 0 Å². The summed E-state index contributed by atoms with van der Waals surface area (Å²) >= 11 is 0. The maximum Gasteiger partial charge on any atom is 0.162 e. The fraction of sp³-hybridized carbons (Fsp3) is 0.586. The Morgan fingerprint density at radius 1 is 0.636 bits per heavy atom. The van der Waals surface area contributed by atoms with E-state index in [0.29, 0.717) is 46.9 Å². The van der Waals surface area contributed by atoms with E-state index in [1.54, 1.807) is 18.2 Å². The molecular formula is C29H36F4. The van der Waals surface area contributed by atoms with E-state index in [-0.39, 0.29) is 11.8 Å². The summed E-state index contributed by atoms with van der Waals surface area (Å²) in [5.74, 6) is -1.47. The first-order valence-corrected chi connectivity index (χ1v) is 12.8. The Morgan fingerprint density at radius 3 is 1.67 bits per heavy atom. The van der Waals surface area contributed by atoms with Gasteiger partial charge in [0.2, 0.25) is 0 Å². The topological polar surface area (TPSA) is 0 Å². The van der Waals surface area contributed by atoms with Gasteiger partial charge in [0.25, 0.3) is 0 Å². The van der Waals surface area contributed by atoms with Crippen LogP contribution in [0.4, 0.5) is 17.6 Å². The van der Waals surface area contributed by atoms with Gasteiger partial charge < -0.3 is 0 Å². The summed E-state index contributed by atoms with van der Waals surface area (Å²) in [6.45, 7) is 4.04. The van der Waals surface area contributed by atoms with Crippen LogP contribution in [0.1, 0.15) is 106 Å². The van der Waals surface area contributed by atoms with E-state index < -0.39 is 23.3 Å². The van der Waals surface area contributed by atoms with Crippen molar-refractivity contribution in [1.29, 1.82) is 0 Å². The molecule has 33 heavy (non-hydrogen) atoms. The van der Waals surface area contributed by atoms with Crippen LogP contribution >= 0.6 is 0 Å². The van der Waals surface area contributed by atoms with E-state index in [2.05, 4.69) is 6.92 Å². The number of aryl methyl sites for hydroxylation is 2. The molecule has 0 unspecified atom stereocenters. The second-order valence-corrected chi connectivity index (χ2v) is 10.5. The van der Waals surface area contributed by atoms with Gasteiger partial charge in [-0.25, -0.2) is 17.6 Å². The molecule has 2 saturated carbocycles. The third kappa shape index (κ3) is 5.30. The quantitative estimate of drug-likeness (QED) is 0.377. The molecule has 0 N–H and O–H groups in total. The maximum atomic E-state index is 14.8. The lowest BCUT2D eigenvalue weighted by Gasteiger charge is -2.29. The van der Waals surface area contributed by atoms with Gasteiger partial charge in [-0.15, -0.1) is 0 Å². The Bertz CT molecular complexity index is 951. The van der Waals surface area contributed by atoms with Crippen LogP contribution in [-0.2, 0) is 12.8 Å². The number of halogens is 4. The Hall–Kier alpha value is -1.84. The van der Waals surface area contributed by atoms with E-state index in [9.17, 15) is 17.6 Å². The van der Waals surface area contributed by atoms with Crippen LogP contribution in [0.5, 0.6) is 0 Å². The van der Waals surface area contributed by atoms with Crippen molar-refractivity contribution < 1.29 is 17.6 Å². The van der Waals surface area contributed by atoms with Crippen molar-refractivity contribution in [2.75, 3.05) is 0 Å². The molecule has 0 radical (unpaired) electrons. The fourth-order valence-corrected chi connectivity index (χ4v) is 6.00. The molecule has 0 aromatic heterocycles. The molecule has 2 fully saturated rings. The van der Waals surface area contributed by atoms with Gasteiger partial charge in [0.1, 0.15) is 0 Å².